The molecule has 2 N–H and O–H groups in total. The summed E-state index contributed by atoms with van der Waals surface area (Å²) in [7, 11) is 0. The molecule has 1 aromatic heterocycles. The fraction of sp³-hybridized carbons (Fsp3) is 0.342. The molecule has 4 aromatic rings. The van der Waals surface area contributed by atoms with Crippen LogP contribution in [-0.2, 0) is 20.8 Å². The van der Waals surface area contributed by atoms with Gasteiger partial charge < -0.3 is 24.5 Å². The van der Waals surface area contributed by atoms with Crippen LogP contribution in [0.4, 0.5) is 10.1 Å². The molecule has 1 saturated heterocycles. The van der Waals surface area contributed by atoms with Crippen LogP contribution < -0.4 is 5.32 Å². The van der Waals surface area contributed by atoms with Crippen molar-refractivity contribution < 1.29 is 33.4 Å². The highest BCUT2D eigenvalue weighted by molar-refractivity contribution is 6.13. The number of rotatable bonds is 11. The maximum absolute atomic E-state index is 14.4. The number of hydrogen-bond donors (Lipinski definition) is 2. The lowest BCUT2D eigenvalue weighted by atomic mass is 9.94. The van der Waals surface area contributed by atoms with Crippen molar-refractivity contribution in [2.24, 2.45) is 0 Å². The minimum absolute atomic E-state index is 0.109. The second-order valence-electron chi connectivity index (χ2n) is 12.8. The fourth-order valence-corrected chi connectivity index (χ4v) is 6.49. The van der Waals surface area contributed by atoms with Gasteiger partial charge in [0.25, 0.3) is 5.91 Å². The monoisotopic (exact) mass is 640 g/mol. The number of amides is 1. The maximum Gasteiger partial charge on any atom is 0.305 e. The van der Waals surface area contributed by atoms with Gasteiger partial charge in [-0.1, -0.05) is 56.3 Å². The zero-order valence-corrected chi connectivity index (χ0v) is 27.4. The van der Waals surface area contributed by atoms with Crippen molar-refractivity contribution >= 4 is 23.3 Å². The number of carbonyl (C=O) groups is 3. The number of benzene rings is 3. The van der Waals surface area contributed by atoms with Gasteiger partial charge >= 0.3 is 5.97 Å². The topological polar surface area (TPSA) is 107 Å². The number of hydrogen-bond acceptors (Lipinski definition) is 5. The van der Waals surface area contributed by atoms with Gasteiger partial charge in [-0.15, -0.1) is 0 Å². The van der Waals surface area contributed by atoms with E-state index >= 15 is 0 Å². The molecular formula is C38H41FN2O6. The summed E-state index contributed by atoms with van der Waals surface area (Å²) in [6.45, 7) is 9.54. The predicted octanol–water partition coefficient (Wildman–Crippen LogP) is 8.31. The molecule has 9 heteroatoms. The number of nitrogens with one attached hydrogen (secondary N) is 1. The first-order chi connectivity index (χ1) is 22.3. The molecule has 0 spiro atoms. The smallest absolute Gasteiger partial charge is 0.305 e. The average molecular weight is 641 g/mol. The summed E-state index contributed by atoms with van der Waals surface area (Å²) >= 11 is 0. The third kappa shape index (κ3) is 7.86. The van der Waals surface area contributed by atoms with E-state index in [0.29, 0.717) is 41.8 Å². The quantitative estimate of drug-likeness (QED) is 0.160. The van der Waals surface area contributed by atoms with E-state index in [9.17, 15) is 23.9 Å². The molecule has 8 nitrogen and oxygen atoms in total. The summed E-state index contributed by atoms with van der Waals surface area (Å²) in [5.74, 6) is -2.82. The van der Waals surface area contributed by atoms with Crippen LogP contribution in [0.15, 0.2) is 78.9 Å². The Morgan fingerprint density at radius 2 is 1.64 bits per heavy atom. The molecule has 0 radical (unpaired) electrons. The predicted molar refractivity (Wildman–Crippen MR) is 179 cm³/mol. The molecule has 1 aliphatic rings. The van der Waals surface area contributed by atoms with Gasteiger partial charge in [-0.05, 0) is 80.6 Å². The molecule has 2 atom stereocenters. The standard InChI is InChI=1S/C38H41FN2O6/c1-23(2)35-34(37(45)40-29-13-9-12-27(20-29)24(3)42)33(25-10-7-6-8-11-25)36(26-14-16-28(39)17-15-26)41(35)19-18-30-21-31(22-32(43)44)47-38(4,5)46-30/h6-17,20,23,30-31H,18-19,21-22H2,1-5H3,(H,40,45)(H,43,44). The molecule has 2 unspecified atom stereocenters. The van der Waals surface area contributed by atoms with Gasteiger partial charge in [-0.3, -0.25) is 14.4 Å². The lowest BCUT2D eigenvalue weighted by Crippen LogP contribution is -2.45. The van der Waals surface area contributed by atoms with Crippen molar-refractivity contribution in [3.8, 4) is 22.4 Å². The van der Waals surface area contributed by atoms with Crippen LogP contribution in [-0.4, -0.2) is 45.3 Å². The van der Waals surface area contributed by atoms with Crippen LogP contribution >= 0.6 is 0 Å². The zero-order valence-electron chi connectivity index (χ0n) is 27.4. The number of aromatic nitrogens is 1. The second-order valence-corrected chi connectivity index (χ2v) is 12.8. The molecule has 1 aliphatic heterocycles. The number of ketones is 1. The van der Waals surface area contributed by atoms with E-state index in [1.54, 1.807) is 50.2 Å². The van der Waals surface area contributed by atoms with E-state index in [1.165, 1.54) is 19.1 Å². The number of halogens is 1. The lowest BCUT2D eigenvalue weighted by Gasteiger charge is -2.40. The third-order valence-corrected chi connectivity index (χ3v) is 8.29. The summed E-state index contributed by atoms with van der Waals surface area (Å²) in [6, 6.07) is 22.7. The van der Waals surface area contributed by atoms with Crippen LogP contribution in [0.1, 0.15) is 86.2 Å². The summed E-state index contributed by atoms with van der Waals surface area (Å²) in [4.78, 5) is 38.1. The molecule has 1 fully saturated rings. The molecule has 3 aromatic carbocycles. The Kier molecular flexibility index (Phi) is 10.1. The van der Waals surface area contributed by atoms with Crippen molar-refractivity contribution in [3.05, 3.63) is 102 Å². The molecule has 0 saturated carbocycles. The Morgan fingerprint density at radius 3 is 2.28 bits per heavy atom. The fourth-order valence-electron chi connectivity index (χ4n) is 6.49. The number of carbonyl (C=O) groups excluding carboxylic acids is 2. The Morgan fingerprint density at radius 1 is 0.957 bits per heavy atom. The second kappa shape index (κ2) is 14.0. The van der Waals surface area contributed by atoms with Crippen LogP contribution in [0.3, 0.4) is 0 Å². The summed E-state index contributed by atoms with van der Waals surface area (Å²) < 4.78 is 28.5. The number of ether oxygens (including phenoxy) is 2. The molecule has 1 amide bonds. The summed E-state index contributed by atoms with van der Waals surface area (Å²) in [5, 5.41) is 12.5. The first-order valence-electron chi connectivity index (χ1n) is 15.9. The van der Waals surface area contributed by atoms with Gasteiger partial charge in [0.15, 0.2) is 11.6 Å². The summed E-state index contributed by atoms with van der Waals surface area (Å²) in [6.07, 6.45) is -0.0114. The zero-order chi connectivity index (χ0) is 33.9. The average Bonchev–Trinajstić information content (AvgIpc) is 3.35. The van der Waals surface area contributed by atoms with Gasteiger partial charge in [0.05, 0.1) is 29.9 Å². The first kappa shape index (κ1) is 33.8. The molecule has 246 valence electrons. The minimum atomic E-state index is -0.963. The van der Waals surface area contributed by atoms with Gasteiger partial charge in [-0.2, -0.15) is 0 Å². The van der Waals surface area contributed by atoms with Crippen molar-refractivity contribution in [3.63, 3.8) is 0 Å². The summed E-state index contributed by atoms with van der Waals surface area (Å²) in [5.41, 5.74) is 5.28. The van der Waals surface area contributed by atoms with E-state index in [-0.39, 0.29) is 36.0 Å². The van der Waals surface area contributed by atoms with Gasteiger partial charge in [0, 0.05) is 35.5 Å². The lowest BCUT2D eigenvalue weighted by molar-refractivity contribution is -0.300. The van der Waals surface area contributed by atoms with Gasteiger partial charge in [-0.25, -0.2) is 4.39 Å². The van der Waals surface area contributed by atoms with Crippen LogP contribution in [0.2, 0.25) is 0 Å². The normalized spacial score (nSPS) is 17.4. The van der Waals surface area contributed by atoms with E-state index in [4.69, 9.17) is 9.47 Å². The molecule has 0 aliphatic carbocycles. The van der Waals surface area contributed by atoms with Crippen LogP contribution in [0.25, 0.3) is 22.4 Å². The number of aliphatic carboxylic acids is 1. The first-order valence-corrected chi connectivity index (χ1v) is 15.9. The van der Waals surface area contributed by atoms with Crippen molar-refractivity contribution in [2.75, 3.05) is 5.32 Å². The molecule has 2 heterocycles. The highest BCUT2D eigenvalue weighted by Crippen LogP contribution is 2.43. The van der Waals surface area contributed by atoms with E-state index in [2.05, 4.69) is 9.88 Å². The molecule has 0 bridgehead atoms. The highest BCUT2D eigenvalue weighted by atomic mass is 19.1. The van der Waals surface area contributed by atoms with Crippen molar-refractivity contribution in [1.82, 2.24) is 4.57 Å². The van der Waals surface area contributed by atoms with Crippen molar-refractivity contribution in [2.45, 2.75) is 84.3 Å². The number of Topliss-reactive ketones (excluding diaryl/α,β-unsaturated/α-hetero) is 1. The highest BCUT2D eigenvalue weighted by Gasteiger charge is 2.37. The maximum atomic E-state index is 14.4. The molecule has 47 heavy (non-hydrogen) atoms. The van der Waals surface area contributed by atoms with E-state index < -0.39 is 17.9 Å². The van der Waals surface area contributed by atoms with Crippen LogP contribution in [0, 0.1) is 5.82 Å². The Hall–Kier alpha value is -4.60. The number of anilines is 1. The van der Waals surface area contributed by atoms with E-state index in [0.717, 1.165) is 22.5 Å². The largest absolute Gasteiger partial charge is 0.481 e. The number of carboxylic acids is 1. The molecular weight excluding hydrogens is 599 g/mol. The van der Waals surface area contributed by atoms with Crippen molar-refractivity contribution in [1.29, 1.82) is 0 Å². The van der Waals surface area contributed by atoms with Crippen LogP contribution in [0.5, 0.6) is 0 Å². The third-order valence-electron chi connectivity index (χ3n) is 8.29. The SMILES string of the molecule is CC(=O)c1cccc(NC(=O)c2c(-c3ccccc3)c(-c3ccc(F)cc3)n(CCC3CC(CC(=O)O)OC(C)(C)O3)c2C(C)C)c1. The Balaban J connectivity index is 1.67. The number of nitrogens with zero attached hydrogens (tertiary/aromatic N) is 1. The minimum Gasteiger partial charge on any atom is -0.481 e. The Bertz CT molecular complexity index is 1760. The van der Waals surface area contributed by atoms with E-state index in [1.807, 2.05) is 44.2 Å². The van der Waals surface area contributed by atoms with Gasteiger partial charge in [0.1, 0.15) is 5.82 Å². The van der Waals surface area contributed by atoms with Gasteiger partial charge in [0.2, 0.25) is 0 Å². The molecule has 5 rings (SSSR count). The Labute approximate surface area is 274 Å². The number of carboxylic acid groups (broad SMARTS) is 1.